The number of nitrogens with zero attached hydrogens (tertiary/aromatic N) is 1. The van der Waals surface area contributed by atoms with Gasteiger partial charge in [-0.25, -0.2) is 8.42 Å². The molecule has 7 N–H and O–H groups in total. The number of aliphatic hydroxyl groups excluding tert-OH is 4. The molecule has 3 aromatic rings. The maximum absolute atomic E-state index is 11.4. The van der Waals surface area contributed by atoms with Gasteiger partial charge in [-0.3, -0.25) is 9.82 Å². The van der Waals surface area contributed by atoms with Crippen LogP contribution in [0.4, 0.5) is 5.69 Å². The number of rotatable bonds is 8. The van der Waals surface area contributed by atoms with Gasteiger partial charge < -0.3 is 35.0 Å². The Hall–Kier alpha value is -2.78. The van der Waals surface area contributed by atoms with E-state index in [9.17, 15) is 34.0 Å². The number of ether oxygens (including phenoxy) is 2. The van der Waals surface area contributed by atoms with Crippen LogP contribution in [-0.2, 0) is 27.6 Å². The second-order valence-electron chi connectivity index (χ2n) is 8.93. The second-order valence-corrected chi connectivity index (χ2v) is 10.7. The van der Waals surface area contributed by atoms with Gasteiger partial charge >= 0.3 is 0 Å². The molecule has 0 amide bonds. The summed E-state index contributed by atoms with van der Waals surface area (Å²) in [6.45, 7) is 1.09. The smallest absolute Gasteiger partial charge is 0.288 e. The van der Waals surface area contributed by atoms with E-state index in [4.69, 9.17) is 9.47 Å². The van der Waals surface area contributed by atoms with Crippen LogP contribution in [-0.4, -0.2) is 87.4 Å². The first-order chi connectivity index (χ1) is 16.9. The zero-order valence-electron chi connectivity index (χ0n) is 19.6. The highest BCUT2D eigenvalue weighted by molar-refractivity contribution is 7.92. The van der Waals surface area contributed by atoms with Gasteiger partial charge in [0, 0.05) is 11.4 Å². The van der Waals surface area contributed by atoms with Gasteiger partial charge in [0.15, 0.2) is 6.10 Å². The number of benzene rings is 2. The molecule has 2 aromatic carbocycles. The normalized spacial score (nSPS) is 26.8. The van der Waals surface area contributed by atoms with Crippen LogP contribution < -0.4 is 9.46 Å². The number of aromatic nitrogens is 2. The van der Waals surface area contributed by atoms with Gasteiger partial charge in [0.25, 0.3) is 5.79 Å². The van der Waals surface area contributed by atoms with Crippen molar-refractivity contribution in [2.24, 2.45) is 0 Å². The zero-order chi connectivity index (χ0) is 26.3. The van der Waals surface area contributed by atoms with E-state index < -0.39 is 47.0 Å². The molecule has 0 aliphatic carbocycles. The van der Waals surface area contributed by atoms with Crippen molar-refractivity contribution >= 4 is 26.6 Å². The van der Waals surface area contributed by atoms with Gasteiger partial charge in [0.1, 0.15) is 18.0 Å². The van der Waals surface area contributed by atoms with Gasteiger partial charge in [-0.05, 0) is 55.2 Å². The third-order valence-electron chi connectivity index (χ3n) is 6.00. The Balaban J connectivity index is 1.59. The lowest BCUT2D eigenvalue weighted by atomic mass is 9.95. The van der Waals surface area contributed by atoms with Gasteiger partial charge in [-0.2, -0.15) is 5.10 Å². The predicted molar refractivity (Wildman–Crippen MR) is 129 cm³/mol. The molecule has 0 spiro atoms. The van der Waals surface area contributed by atoms with Gasteiger partial charge in [-0.1, -0.05) is 12.1 Å². The quantitative estimate of drug-likeness (QED) is 0.190. The minimum Gasteiger partial charge on any atom is -0.453 e. The molecule has 1 saturated heterocycles. The van der Waals surface area contributed by atoms with Crippen LogP contribution in [0.3, 0.4) is 0 Å². The Morgan fingerprint density at radius 1 is 1.17 bits per heavy atom. The van der Waals surface area contributed by atoms with Crippen molar-refractivity contribution in [1.82, 2.24) is 10.2 Å². The molecule has 0 radical (unpaired) electrons. The molecule has 12 nitrogen and oxygen atoms in total. The van der Waals surface area contributed by atoms with Crippen LogP contribution in [0.1, 0.15) is 16.8 Å². The number of aromatic amines is 1. The average molecular weight is 524 g/mol. The van der Waals surface area contributed by atoms with Crippen molar-refractivity contribution in [3.05, 3.63) is 53.2 Å². The molecule has 13 heteroatoms. The summed E-state index contributed by atoms with van der Waals surface area (Å²) in [5.74, 6) is -2.62. The summed E-state index contributed by atoms with van der Waals surface area (Å²) in [6.07, 6.45) is -4.97. The number of aryl methyl sites for hydroxylation is 3. The SMILES string of the molecule is Cc1cc(O[C@]2(O)[C@@H](O)O[C@H](CO)[C@@H](O)[C@@H]2O)c2c(CCc3ccc(NS(C)(=O)=O)cc3)[nH]nc2c1. The van der Waals surface area contributed by atoms with Crippen molar-refractivity contribution in [3.8, 4) is 5.75 Å². The van der Waals surface area contributed by atoms with Crippen LogP contribution in [0.15, 0.2) is 36.4 Å². The lowest BCUT2D eigenvalue weighted by Gasteiger charge is -2.45. The average Bonchev–Trinajstić information content (AvgIpc) is 3.21. The minimum atomic E-state index is -3.37. The third-order valence-corrected chi connectivity index (χ3v) is 6.61. The Bertz CT molecular complexity index is 1330. The molecule has 0 saturated carbocycles. The van der Waals surface area contributed by atoms with E-state index in [2.05, 4.69) is 14.9 Å². The molecular formula is C23H29N3O9S. The molecule has 4 rings (SSSR count). The number of sulfonamides is 1. The molecule has 5 atom stereocenters. The summed E-state index contributed by atoms with van der Waals surface area (Å²) in [5, 5.41) is 59.0. The molecule has 0 unspecified atom stereocenters. The van der Waals surface area contributed by atoms with E-state index in [0.717, 1.165) is 17.4 Å². The molecule has 196 valence electrons. The van der Waals surface area contributed by atoms with Crippen LogP contribution in [0, 0.1) is 6.92 Å². The number of nitrogens with one attached hydrogen (secondary N) is 2. The number of hydrogen-bond acceptors (Lipinski definition) is 10. The third kappa shape index (κ3) is 5.32. The zero-order valence-corrected chi connectivity index (χ0v) is 20.4. The standard InChI is InChI=1S/C23H29N3O9S/c1-12-9-16-19(17(10-12)35-23(31)21(29)20(28)18(11-27)34-22(23)30)15(24-25-16)8-5-13-3-6-14(7-4-13)26-36(2,32)33/h3-4,6-7,9-10,18,20-22,26-31H,5,8,11H2,1-2H3,(H,24,25)/t18-,20-,21+,22+,23+/m1/s1. The monoisotopic (exact) mass is 523 g/mol. The first kappa shape index (κ1) is 26.3. The van der Waals surface area contributed by atoms with Gasteiger partial charge in [0.05, 0.1) is 23.8 Å². The van der Waals surface area contributed by atoms with E-state index >= 15 is 0 Å². The highest BCUT2D eigenvalue weighted by Gasteiger charge is 2.57. The van der Waals surface area contributed by atoms with Crippen LogP contribution in [0.2, 0.25) is 0 Å². The first-order valence-electron chi connectivity index (χ1n) is 11.2. The topological polar surface area (TPSA) is 194 Å². The lowest BCUT2D eigenvalue weighted by Crippen LogP contribution is -2.69. The number of hydrogen-bond donors (Lipinski definition) is 7. The van der Waals surface area contributed by atoms with Crippen LogP contribution in [0.5, 0.6) is 5.75 Å². The summed E-state index contributed by atoms with van der Waals surface area (Å²) in [6, 6.07) is 10.3. The molecule has 1 aliphatic rings. The van der Waals surface area contributed by atoms with Crippen molar-refractivity contribution in [1.29, 1.82) is 0 Å². The fourth-order valence-corrected chi connectivity index (χ4v) is 4.73. The largest absolute Gasteiger partial charge is 0.453 e. The summed E-state index contributed by atoms with van der Waals surface area (Å²) in [7, 11) is -3.37. The number of fused-ring (bicyclic) bond motifs is 1. The molecule has 0 bridgehead atoms. The Labute approximate surface area is 207 Å². The minimum absolute atomic E-state index is 0.0975. The van der Waals surface area contributed by atoms with Crippen molar-refractivity contribution in [2.75, 3.05) is 17.6 Å². The Kier molecular flexibility index (Phi) is 7.26. The molecule has 2 heterocycles. The fraction of sp³-hybridized carbons (Fsp3) is 0.435. The maximum atomic E-state index is 11.4. The van der Waals surface area contributed by atoms with E-state index in [1.807, 2.05) is 0 Å². The Morgan fingerprint density at radius 3 is 2.50 bits per heavy atom. The summed E-state index contributed by atoms with van der Waals surface area (Å²) in [5.41, 5.74) is 3.27. The number of H-pyrrole nitrogens is 1. The summed E-state index contributed by atoms with van der Waals surface area (Å²) in [4.78, 5) is 0. The van der Waals surface area contributed by atoms with Crippen molar-refractivity contribution in [2.45, 2.75) is 50.2 Å². The predicted octanol–water partition coefficient (Wildman–Crippen LogP) is -0.473. The molecule has 1 fully saturated rings. The molecule has 1 aromatic heterocycles. The van der Waals surface area contributed by atoms with E-state index in [0.29, 0.717) is 35.1 Å². The highest BCUT2D eigenvalue weighted by Crippen LogP contribution is 2.37. The molecular weight excluding hydrogens is 494 g/mol. The summed E-state index contributed by atoms with van der Waals surface area (Å²) < 4.78 is 35.9. The van der Waals surface area contributed by atoms with Gasteiger partial charge in [-0.15, -0.1) is 0 Å². The lowest BCUT2D eigenvalue weighted by molar-refractivity contribution is -0.385. The number of aliphatic hydroxyl groups is 5. The first-order valence-corrected chi connectivity index (χ1v) is 13.1. The van der Waals surface area contributed by atoms with Gasteiger partial charge in [0.2, 0.25) is 16.3 Å². The number of anilines is 1. The Morgan fingerprint density at radius 2 is 1.86 bits per heavy atom. The summed E-state index contributed by atoms with van der Waals surface area (Å²) >= 11 is 0. The van der Waals surface area contributed by atoms with E-state index in [1.54, 1.807) is 43.3 Å². The highest BCUT2D eigenvalue weighted by atomic mass is 32.2. The molecule has 1 aliphatic heterocycles. The van der Waals surface area contributed by atoms with Crippen molar-refractivity contribution in [3.63, 3.8) is 0 Å². The maximum Gasteiger partial charge on any atom is 0.288 e. The van der Waals surface area contributed by atoms with Crippen LogP contribution >= 0.6 is 0 Å². The van der Waals surface area contributed by atoms with E-state index in [-0.39, 0.29) is 5.75 Å². The second kappa shape index (κ2) is 9.94. The fourth-order valence-electron chi connectivity index (χ4n) is 4.17. The van der Waals surface area contributed by atoms with Crippen molar-refractivity contribution < 1.29 is 43.4 Å². The van der Waals surface area contributed by atoms with E-state index in [1.165, 1.54) is 0 Å². The van der Waals surface area contributed by atoms with Crippen LogP contribution in [0.25, 0.3) is 10.9 Å². The molecule has 36 heavy (non-hydrogen) atoms.